The number of benzene rings is 1. The van der Waals surface area contributed by atoms with Crippen LogP contribution in [0.4, 0.5) is 5.69 Å². The summed E-state index contributed by atoms with van der Waals surface area (Å²) >= 11 is 6.33. The van der Waals surface area contributed by atoms with Crippen LogP contribution in [0.25, 0.3) is 0 Å². The van der Waals surface area contributed by atoms with E-state index in [2.05, 4.69) is 0 Å². The SMILES string of the molecule is CC(N)c1ccc(N(C)CC2(O)CCOCC2)c(Cl)c1. The molecule has 1 fully saturated rings. The predicted molar refractivity (Wildman–Crippen MR) is 82.3 cm³/mol. The van der Waals surface area contributed by atoms with Gasteiger partial charge in [-0.05, 0) is 24.6 Å². The lowest BCUT2D eigenvalue weighted by atomic mass is 9.93. The lowest BCUT2D eigenvalue weighted by Crippen LogP contribution is -2.45. The molecule has 0 saturated carbocycles. The van der Waals surface area contributed by atoms with E-state index in [1.165, 1.54) is 0 Å². The summed E-state index contributed by atoms with van der Waals surface area (Å²) in [5.41, 5.74) is 7.08. The average Bonchev–Trinajstić information content (AvgIpc) is 2.38. The van der Waals surface area contributed by atoms with Crippen LogP contribution in [-0.2, 0) is 4.74 Å². The molecule has 1 aromatic rings. The number of aliphatic hydroxyl groups is 1. The third-order valence-electron chi connectivity index (χ3n) is 3.86. The second kappa shape index (κ2) is 6.31. The molecule has 0 radical (unpaired) electrons. The van der Waals surface area contributed by atoms with E-state index in [0.29, 0.717) is 37.6 Å². The minimum atomic E-state index is -0.698. The Morgan fingerprint density at radius 1 is 1.45 bits per heavy atom. The number of hydrogen-bond acceptors (Lipinski definition) is 4. The molecule has 2 rings (SSSR count). The molecule has 0 aliphatic carbocycles. The number of rotatable bonds is 4. The third kappa shape index (κ3) is 3.64. The molecule has 1 aromatic carbocycles. The van der Waals surface area contributed by atoms with Crippen molar-refractivity contribution in [3.8, 4) is 0 Å². The molecule has 1 saturated heterocycles. The largest absolute Gasteiger partial charge is 0.388 e. The van der Waals surface area contributed by atoms with Gasteiger partial charge in [-0.15, -0.1) is 0 Å². The maximum absolute atomic E-state index is 10.6. The van der Waals surface area contributed by atoms with Gasteiger partial charge in [0.05, 0.1) is 16.3 Å². The lowest BCUT2D eigenvalue weighted by molar-refractivity contribution is -0.0572. The Labute approximate surface area is 125 Å². The minimum absolute atomic E-state index is 0.0356. The topological polar surface area (TPSA) is 58.7 Å². The standard InChI is InChI=1S/C15H23ClN2O2/c1-11(17)12-3-4-14(13(16)9-12)18(2)10-15(19)5-7-20-8-6-15/h3-4,9,11,19H,5-8,10,17H2,1-2H3. The normalized spacial score (nSPS) is 19.6. The summed E-state index contributed by atoms with van der Waals surface area (Å²) in [6.07, 6.45) is 1.32. The average molecular weight is 299 g/mol. The van der Waals surface area contributed by atoms with Crippen molar-refractivity contribution >= 4 is 17.3 Å². The van der Waals surface area contributed by atoms with Crippen molar-refractivity contribution in [2.24, 2.45) is 5.73 Å². The van der Waals surface area contributed by atoms with Gasteiger partial charge in [0.1, 0.15) is 0 Å². The predicted octanol–water partition coefficient (Wildman–Crippen LogP) is 2.34. The first kappa shape index (κ1) is 15.6. The molecule has 4 nitrogen and oxygen atoms in total. The second-order valence-corrected chi connectivity index (χ2v) is 6.10. The summed E-state index contributed by atoms with van der Waals surface area (Å²) in [4.78, 5) is 2.00. The zero-order valence-electron chi connectivity index (χ0n) is 12.1. The molecule has 0 bridgehead atoms. The van der Waals surface area contributed by atoms with Crippen LogP contribution in [0.1, 0.15) is 31.4 Å². The van der Waals surface area contributed by atoms with E-state index < -0.39 is 5.60 Å². The number of ether oxygens (including phenoxy) is 1. The van der Waals surface area contributed by atoms with E-state index in [-0.39, 0.29) is 6.04 Å². The Kier molecular flexibility index (Phi) is 4.91. The van der Waals surface area contributed by atoms with Crippen LogP contribution in [0.2, 0.25) is 5.02 Å². The third-order valence-corrected chi connectivity index (χ3v) is 4.17. The Bertz CT molecular complexity index is 459. The maximum atomic E-state index is 10.6. The highest BCUT2D eigenvalue weighted by molar-refractivity contribution is 6.33. The van der Waals surface area contributed by atoms with Gasteiger partial charge in [-0.1, -0.05) is 17.7 Å². The molecule has 3 N–H and O–H groups in total. The minimum Gasteiger partial charge on any atom is -0.388 e. The molecular formula is C15H23ClN2O2. The summed E-state index contributed by atoms with van der Waals surface area (Å²) in [7, 11) is 1.94. The van der Waals surface area contributed by atoms with Crippen molar-refractivity contribution in [1.29, 1.82) is 0 Å². The lowest BCUT2D eigenvalue weighted by Gasteiger charge is -2.36. The van der Waals surface area contributed by atoms with Crippen molar-refractivity contribution in [3.63, 3.8) is 0 Å². The van der Waals surface area contributed by atoms with E-state index in [4.69, 9.17) is 22.1 Å². The number of hydrogen-bond donors (Lipinski definition) is 2. The fourth-order valence-corrected chi connectivity index (χ4v) is 2.89. The first-order valence-electron chi connectivity index (χ1n) is 6.98. The molecular weight excluding hydrogens is 276 g/mol. The van der Waals surface area contributed by atoms with Crippen LogP contribution in [0.15, 0.2) is 18.2 Å². The number of halogens is 1. The molecule has 1 unspecified atom stereocenters. The van der Waals surface area contributed by atoms with Gasteiger partial charge < -0.3 is 20.5 Å². The highest BCUT2D eigenvalue weighted by atomic mass is 35.5. The Morgan fingerprint density at radius 2 is 2.10 bits per heavy atom. The zero-order valence-corrected chi connectivity index (χ0v) is 12.9. The molecule has 112 valence electrons. The molecule has 0 amide bonds. The molecule has 5 heteroatoms. The van der Waals surface area contributed by atoms with Crippen LogP contribution in [0.3, 0.4) is 0 Å². The first-order chi connectivity index (χ1) is 9.41. The van der Waals surface area contributed by atoms with Gasteiger partial charge in [0.25, 0.3) is 0 Å². The van der Waals surface area contributed by atoms with E-state index in [0.717, 1.165) is 11.3 Å². The number of nitrogens with zero attached hydrogens (tertiary/aromatic N) is 1. The van der Waals surface area contributed by atoms with Gasteiger partial charge in [0.2, 0.25) is 0 Å². The van der Waals surface area contributed by atoms with Crippen LogP contribution in [0, 0.1) is 0 Å². The van der Waals surface area contributed by atoms with Crippen LogP contribution in [-0.4, -0.2) is 37.5 Å². The summed E-state index contributed by atoms with van der Waals surface area (Å²) in [5.74, 6) is 0. The summed E-state index contributed by atoms with van der Waals surface area (Å²) < 4.78 is 5.30. The molecule has 1 aliphatic heterocycles. The molecule has 0 aromatic heterocycles. The summed E-state index contributed by atoms with van der Waals surface area (Å²) in [5, 5.41) is 11.2. The quantitative estimate of drug-likeness (QED) is 0.896. The molecule has 0 spiro atoms. The van der Waals surface area contributed by atoms with Gasteiger partial charge in [-0.25, -0.2) is 0 Å². The Balaban J connectivity index is 2.10. The van der Waals surface area contributed by atoms with E-state index >= 15 is 0 Å². The Morgan fingerprint density at radius 3 is 2.65 bits per heavy atom. The second-order valence-electron chi connectivity index (χ2n) is 5.69. The van der Waals surface area contributed by atoms with Crippen LogP contribution >= 0.6 is 11.6 Å². The van der Waals surface area contributed by atoms with E-state index in [1.807, 2.05) is 37.1 Å². The van der Waals surface area contributed by atoms with Gasteiger partial charge in [0, 0.05) is 45.7 Å². The van der Waals surface area contributed by atoms with Crippen molar-refractivity contribution in [1.82, 2.24) is 0 Å². The van der Waals surface area contributed by atoms with E-state index in [1.54, 1.807) is 0 Å². The maximum Gasteiger partial charge on any atom is 0.0865 e. The van der Waals surface area contributed by atoms with E-state index in [9.17, 15) is 5.11 Å². The van der Waals surface area contributed by atoms with Crippen molar-refractivity contribution < 1.29 is 9.84 Å². The summed E-state index contributed by atoms with van der Waals surface area (Å²) in [6.45, 7) is 3.71. The summed E-state index contributed by atoms with van der Waals surface area (Å²) in [6, 6.07) is 5.80. The number of anilines is 1. The number of nitrogens with two attached hydrogens (primary N) is 1. The molecule has 1 aliphatic rings. The highest BCUT2D eigenvalue weighted by Gasteiger charge is 2.31. The first-order valence-corrected chi connectivity index (χ1v) is 7.35. The molecule has 1 atom stereocenters. The van der Waals surface area contributed by atoms with Crippen molar-refractivity contribution in [2.45, 2.75) is 31.4 Å². The fourth-order valence-electron chi connectivity index (χ4n) is 2.55. The zero-order chi connectivity index (χ0) is 14.8. The highest BCUT2D eigenvalue weighted by Crippen LogP contribution is 2.30. The molecule has 20 heavy (non-hydrogen) atoms. The van der Waals surface area contributed by atoms with Crippen molar-refractivity contribution in [3.05, 3.63) is 28.8 Å². The van der Waals surface area contributed by atoms with Crippen LogP contribution < -0.4 is 10.6 Å². The molecule has 1 heterocycles. The van der Waals surface area contributed by atoms with Gasteiger partial charge in [-0.2, -0.15) is 0 Å². The Hall–Kier alpha value is -0.810. The van der Waals surface area contributed by atoms with Gasteiger partial charge >= 0.3 is 0 Å². The number of likely N-dealkylation sites (N-methyl/N-ethyl adjacent to an activating group) is 1. The fraction of sp³-hybridized carbons (Fsp3) is 0.600. The van der Waals surface area contributed by atoms with Crippen molar-refractivity contribution in [2.75, 3.05) is 31.7 Å². The van der Waals surface area contributed by atoms with Gasteiger partial charge in [-0.3, -0.25) is 0 Å². The van der Waals surface area contributed by atoms with Crippen LogP contribution in [0.5, 0.6) is 0 Å². The smallest absolute Gasteiger partial charge is 0.0865 e. The van der Waals surface area contributed by atoms with Gasteiger partial charge in [0.15, 0.2) is 0 Å². The monoisotopic (exact) mass is 298 g/mol.